The van der Waals surface area contributed by atoms with Crippen LogP contribution in [0.25, 0.3) is 11.0 Å². The van der Waals surface area contributed by atoms with Crippen molar-refractivity contribution >= 4 is 27.0 Å². The first kappa shape index (κ1) is 24.7. The second kappa shape index (κ2) is 10.3. The molecule has 176 valence electrons. The van der Waals surface area contributed by atoms with Gasteiger partial charge in [0.05, 0.1) is 4.90 Å². The summed E-state index contributed by atoms with van der Waals surface area (Å²) in [4.78, 5) is 25.0. The molecule has 1 N–H and O–H groups in total. The van der Waals surface area contributed by atoms with Crippen molar-refractivity contribution in [2.45, 2.75) is 57.9 Å². The number of nitrogens with one attached hydrogen (secondary N) is 1. The van der Waals surface area contributed by atoms with E-state index in [9.17, 15) is 18.0 Å². The zero-order valence-electron chi connectivity index (χ0n) is 19.3. The lowest BCUT2D eigenvalue weighted by atomic mass is 10.0. The predicted molar refractivity (Wildman–Crippen MR) is 127 cm³/mol. The molecule has 1 heterocycles. The monoisotopic (exact) mass is 471 g/mol. The molecule has 0 saturated heterocycles. The van der Waals surface area contributed by atoms with Crippen molar-refractivity contribution in [3.63, 3.8) is 0 Å². The van der Waals surface area contributed by atoms with Crippen molar-refractivity contribution in [2.75, 3.05) is 0 Å². The van der Waals surface area contributed by atoms with Crippen molar-refractivity contribution in [3.05, 3.63) is 70.1 Å². The average Bonchev–Trinajstić information content (AvgIpc) is 2.77. The van der Waals surface area contributed by atoms with Crippen LogP contribution < -0.4 is 15.1 Å². The van der Waals surface area contributed by atoms with Gasteiger partial charge < -0.3 is 9.15 Å². The molecular formula is C25H29NO6S. The van der Waals surface area contributed by atoms with E-state index in [2.05, 4.69) is 4.72 Å². The Bertz CT molecular complexity index is 1290. The normalized spacial score (nSPS) is 13.6. The van der Waals surface area contributed by atoms with Crippen LogP contribution in [0.2, 0.25) is 0 Å². The summed E-state index contributed by atoms with van der Waals surface area (Å²) in [6, 6.07) is 11.6. The van der Waals surface area contributed by atoms with E-state index in [4.69, 9.17) is 9.15 Å². The summed E-state index contributed by atoms with van der Waals surface area (Å²) in [6.07, 6.45) is 2.15. The third-order valence-corrected chi connectivity index (χ3v) is 7.08. The van der Waals surface area contributed by atoms with E-state index in [1.54, 1.807) is 31.2 Å². The maximum absolute atomic E-state index is 13.0. The Labute approximate surface area is 193 Å². The number of esters is 1. The van der Waals surface area contributed by atoms with E-state index < -0.39 is 27.7 Å². The quantitative estimate of drug-likeness (QED) is 0.283. The SMILES string of the molecule is CCCc1cc(=O)oc2cc(OC(=O)[C@@H](NS(=O)(=O)c3ccc(C)cc3)[C@@H](C)CC)ccc12. The lowest BCUT2D eigenvalue weighted by molar-refractivity contribution is -0.137. The number of aryl methyl sites for hydroxylation is 2. The van der Waals surface area contributed by atoms with Crippen LogP contribution in [-0.2, 0) is 21.2 Å². The van der Waals surface area contributed by atoms with Crippen LogP contribution in [0.4, 0.5) is 0 Å². The molecule has 0 fully saturated rings. The third kappa shape index (κ3) is 5.89. The molecule has 0 amide bonds. The minimum Gasteiger partial charge on any atom is -0.425 e. The fourth-order valence-electron chi connectivity index (χ4n) is 3.51. The van der Waals surface area contributed by atoms with Gasteiger partial charge in [-0.15, -0.1) is 0 Å². The van der Waals surface area contributed by atoms with Gasteiger partial charge >= 0.3 is 11.6 Å². The number of carbonyl (C=O) groups is 1. The van der Waals surface area contributed by atoms with Crippen LogP contribution in [-0.4, -0.2) is 20.4 Å². The number of rotatable bonds is 9. The van der Waals surface area contributed by atoms with E-state index in [1.165, 1.54) is 24.3 Å². The molecule has 0 radical (unpaired) electrons. The second-order valence-electron chi connectivity index (χ2n) is 8.22. The minimum absolute atomic E-state index is 0.0742. The summed E-state index contributed by atoms with van der Waals surface area (Å²) in [5.41, 5.74) is 1.64. The first-order valence-corrected chi connectivity index (χ1v) is 12.5. The first-order chi connectivity index (χ1) is 15.6. The van der Waals surface area contributed by atoms with Crippen LogP contribution in [0.15, 0.2) is 62.6 Å². The Morgan fingerprint density at radius 1 is 1.09 bits per heavy atom. The van der Waals surface area contributed by atoms with E-state index in [-0.39, 0.29) is 16.6 Å². The van der Waals surface area contributed by atoms with Gasteiger partial charge in [-0.1, -0.05) is 51.3 Å². The predicted octanol–water partition coefficient (Wildman–Crippen LogP) is 4.35. The van der Waals surface area contributed by atoms with E-state index in [0.29, 0.717) is 12.0 Å². The average molecular weight is 472 g/mol. The van der Waals surface area contributed by atoms with Gasteiger partial charge in [-0.25, -0.2) is 18.0 Å². The molecule has 2 aromatic carbocycles. The van der Waals surface area contributed by atoms with Gasteiger partial charge in [-0.3, -0.25) is 0 Å². The zero-order chi connectivity index (χ0) is 24.2. The second-order valence-corrected chi connectivity index (χ2v) is 9.93. The molecule has 0 saturated carbocycles. The number of carbonyl (C=O) groups excluding carboxylic acids is 1. The Balaban J connectivity index is 1.88. The summed E-state index contributed by atoms with van der Waals surface area (Å²) in [6.45, 7) is 7.52. The summed E-state index contributed by atoms with van der Waals surface area (Å²) in [7, 11) is -3.93. The highest BCUT2D eigenvalue weighted by atomic mass is 32.2. The topological polar surface area (TPSA) is 103 Å². The highest BCUT2D eigenvalue weighted by Crippen LogP contribution is 2.25. The Morgan fingerprint density at radius 2 is 1.79 bits per heavy atom. The molecule has 2 atom stereocenters. The van der Waals surface area contributed by atoms with Crippen molar-refractivity contribution < 1.29 is 22.4 Å². The number of hydrogen-bond acceptors (Lipinski definition) is 6. The number of benzene rings is 2. The molecular weight excluding hydrogens is 442 g/mol. The number of fused-ring (bicyclic) bond motifs is 1. The third-order valence-electron chi connectivity index (χ3n) is 5.62. The van der Waals surface area contributed by atoms with Crippen LogP contribution in [0.5, 0.6) is 5.75 Å². The maximum Gasteiger partial charge on any atom is 0.336 e. The Hall–Kier alpha value is -2.97. The number of ether oxygens (including phenoxy) is 1. The van der Waals surface area contributed by atoms with Crippen LogP contribution in [0.1, 0.15) is 44.7 Å². The number of hydrogen-bond donors (Lipinski definition) is 1. The first-order valence-electron chi connectivity index (χ1n) is 11.0. The number of sulfonamides is 1. The molecule has 0 unspecified atom stereocenters. The van der Waals surface area contributed by atoms with Crippen molar-refractivity contribution in [1.82, 2.24) is 4.72 Å². The highest BCUT2D eigenvalue weighted by Gasteiger charge is 2.31. The minimum atomic E-state index is -3.93. The van der Waals surface area contributed by atoms with Gasteiger partial charge in [0, 0.05) is 17.5 Å². The molecule has 0 aliphatic carbocycles. The smallest absolute Gasteiger partial charge is 0.336 e. The molecule has 0 aliphatic rings. The van der Waals surface area contributed by atoms with Crippen LogP contribution in [0, 0.1) is 12.8 Å². The van der Waals surface area contributed by atoms with Crippen molar-refractivity contribution in [3.8, 4) is 5.75 Å². The maximum atomic E-state index is 13.0. The molecule has 0 aliphatic heterocycles. The van der Waals surface area contributed by atoms with Gasteiger partial charge in [0.1, 0.15) is 17.4 Å². The lowest BCUT2D eigenvalue weighted by Crippen LogP contribution is -2.46. The van der Waals surface area contributed by atoms with E-state index in [0.717, 1.165) is 29.4 Å². The molecule has 7 nitrogen and oxygen atoms in total. The largest absolute Gasteiger partial charge is 0.425 e. The molecule has 0 spiro atoms. The summed E-state index contributed by atoms with van der Waals surface area (Å²) < 4.78 is 39.1. The standard InChI is InChI=1S/C25H29NO6S/c1-5-7-18-14-23(27)32-22-15-19(10-13-21(18)22)31-25(28)24(17(4)6-2)26-33(29,30)20-11-8-16(3)9-12-20/h8-15,17,24,26H,5-7H2,1-4H3/t17-,24-/m0/s1. The Kier molecular flexibility index (Phi) is 7.71. The van der Waals surface area contributed by atoms with Gasteiger partial charge in [0.15, 0.2) is 0 Å². The Morgan fingerprint density at radius 3 is 2.42 bits per heavy atom. The summed E-state index contributed by atoms with van der Waals surface area (Å²) >= 11 is 0. The fourth-order valence-corrected chi connectivity index (χ4v) is 4.81. The molecule has 1 aromatic heterocycles. The van der Waals surface area contributed by atoms with Crippen molar-refractivity contribution in [1.29, 1.82) is 0 Å². The molecule has 3 aromatic rings. The van der Waals surface area contributed by atoms with Crippen LogP contribution >= 0.6 is 0 Å². The van der Waals surface area contributed by atoms with E-state index in [1.807, 2.05) is 20.8 Å². The van der Waals surface area contributed by atoms with Crippen molar-refractivity contribution in [2.24, 2.45) is 5.92 Å². The molecule has 8 heteroatoms. The van der Waals surface area contributed by atoms with Crippen LogP contribution in [0.3, 0.4) is 0 Å². The molecule has 0 bridgehead atoms. The lowest BCUT2D eigenvalue weighted by Gasteiger charge is -2.22. The fraction of sp³-hybridized carbons (Fsp3) is 0.360. The highest BCUT2D eigenvalue weighted by molar-refractivity contribution is 7.89. The molecule has 33 heavy (non-hydrogen) atoms. The van der Waals surface area contributed by atoms with Gasteiger partial charge in [-0.05, 0) is 49.1 Å². The summed E-state index contributed by atoms with van der Waals surface area (Å²) in [5.74, 6) is -0.870. The van der Waals surface area contributed by atoms with E-state index >= 15 is 0 Å². The summed E-state index contributed by atoms with van der Waals surface area (Å²) in [5, 5.41) is 0.773. The van der Waals surface area contributed by atoms with Gasteiger partial charge in [-0.2, -0.15) is 4.72 Å². The molecule has 3 rings (SSSR count). The zero-order valence-corrected chi connectivity index (χ0v) is 20.1. The van der Waals surface area contributed by atoms with Gasteiger partial charge in [0.25, 0.3) is 0 Å². The van der Waals surface area contributed by atoms with Gasteiger partial charge in [0.2, 0.25) is 10.0 Å².